The van der Waals surface area contributed by atoms with Crippen LogP contribution in [0.4, 0.5) is 0 Å². The van der Waals surface area contributed by atoms with Crippen molar-refractivity contribution in [2.75, 3.05) is 19.8 Å². The number of carbonyl (C=O) groups is 1. The number of nitrogens with one attached hydrogen (secondary N) is 4. The van der Waals surface area contributed by atoms with Gasteiger partial charge in [-0.3, -0.25) is 20.5 Å². The Morgan fingerprint density at radius 1 is 1.11 bits per heavy atom. The fraction of sp³-hybridized carbons (Fsp3) is 0.895. The van der Waals surface area contributed by atoms with E-state index in [1.807, 2.05) is 6.92 Å². The number of hydrazine groups is 1. The van der Waals surface area contributed by atoms with Gasteiger partial charge in [-0.05, 0) is 51.9 Å². The summed E-state index contributed by atoms with van der Waals surface area (Å²) in [7, 11) is 0. The molecular weight excluding hydrogens is 401 g/mol. The molecule has 3 rings (SSSR count). The zero-order chi connectivity index (χ0) is 19.9. The van der Waals surface area contributed by atoms with Crippen molar-refractivity contribution in [1.29, 1.82) is 0 Å². The number of rotatable bonds is 6. The molecule has 160 valence electrons. The van der Waals surface area contributed by atoms with Crippen molar-refractivity contribution in [1.82, 2.24) is 21.5 Å². The van der Waals surface area contributed by atoms with Crippen molar-refractivity contribution in [3.63, 3.8) is 0 Å². The summed E-state index contributed by atoms with van der Waals surface area (Å²) in [5, 5.41) is 6.85. The molecule has 1 amide bonds. The quantitative estimate of drug-likeness (QED) is 0.223. The van der Waals surface area contributed by atoms with Gasteiger partial charge in [0.05, 0.1) is 19.3 Å². The van der Waals surface area contributed by atoms with Gasteiger partial charge in [0.2, 0.25) is 5.91 Å². The van der Waals surface area contributed by atoms with Gasteiger partial charge in [-0.25, -0.2) is 5.43 Å². The van der Waals surface area contributed by atoms with Crippen LogP contribution in [0.25, 0.3) is 0 Å². The number of aliphatic imine (C=N–C) groups is 1. The maximum absolute atomic E-state index is 12.7. The first kappa shape index (κ1) is 22.1. The lowest BCUT2D eigenvalue weighted by atomic mass is 9.84. The molecule has 0 spiro atoms. The highest BCUT2D eigenvalue weighted by Crippen LogP contribution is 2.32. The monoisotopic (exact) mass is 433 g/mol. The molecule has 7 nitrogen and oxygen atoms in total. The predicted octanol–water partition coefficient (Wildman–Crippen LogP) is 2.09. The maximum atomic E-state index is 12.7. The van der Waals surface area contributed by atoms with Gasteiger partial charge in [0.1, 0.15) is 0 Å². The van der Waals surface area contributed by atoms with Gasteiger partial charge in [-0.1, -0.05) is 0 Å². The summed E-state index contributed by atoms with van der Waals surface area (Å²) in [4.78, 5) is 17.3. The number of nitrogens with zero attached hydrogens (tertiary/aromatic N) is 1. The second kappa shape index (κ2) is 11.0. The molecule has 0 aromatic rings. The number of carbonyl (C=O) groups excluding carboxylic acids is 1. The van der Waals surface area contributed by atoms with Crippen molar-refractivity contribution in [2.24, 2.45) is 16.8 Å². The Kier molecular flexibility index (Phi) is 8.66. The van der Waals surface area contributed by atoms with E-state index in [9.17, 15) is 4.79 Å². The first-order valence-electron chi connectivity index (χ1n) is 10.6. The van der Waals surface area contributed by atoms with Crippen LogP contribution in [0.1, 0.15) is 51.9 Å². The van der Waals surface area contributed by atoms with Gasteiger partial charge in [-0.2, -0.15) is 0 Å². The topological polar surface area (TPSA) is 86.8 Å². The lowest BCUT2D eigenvalue weighted by Gasteiger charge is -2.31. The highest BCUT2D eigenvalue weighted by molar-refractivity contribution is 6.20. The molecule has 2 aliphatic carbocycles. The second-order valence-corrected chi connectivity index (χ2v) is 9.19. The van der Waals surface area contributed by atoms with E-state index in [1.165, 1.54) is 0 Å². The number of alkyl halides is 2. The lowest BCUT2D eigenvalue weighted by Crippen LogP contribution is -2.54. The van der Waals surface area contributed by atoms with E-state index in [1.54, 1.807) is 0 Å². The van der Waals surface area contributed by atoms with Gasteiger partial charge in [0, 0.05) is 35.2 Å². The van der Waals surface area contributed by atoms with E-state index in [4.69, 9.17) is 27.9 Å². The maximum Gasteiger partial charge on any atom is 0.229 e. The van der Waals surface area contributed by atoms with Crippen molar-refractivity contribution in [3.8, 4) is 0 Å². The van der Waals surface area contributed by atoms with Gasteiger partial charge >= 0.3 is 0 Å². The molecule has 3 aliphatic rings. The Bertz CT molecular complexity index is 542. The SMILES string of the molecule is CCOCCN=C(NC(=O)C1CCC(Cl)CC1)NC1NNC2CC(Cl)CCC21. The van der Waals surface area contributed by atoms with Crippen LogP contribution in [0.2, 0.25) is 0 Å². The summed E-state index contributed by atoms with van der Waals surface area (Å²) >= 11 is 12.5. The summed E-state index contributed by atoms with van der Waals surface area (Å²) in [5.41, 5.74) is 6.65. The third-order valence-corrected chi connectivity index (χ3v) is 6.80. The van der Waals surface area contributed by atoms with Gasteiger partial charge in [-0.15, -0.1) is 23.2 Å². The number of guanidine groups is 1. The second-order valence-electron chi connectivity index (χ2n) is 7.96. The zero-order valence-corrected chi connectivity index (χ0v) is 18.1. The minimum Gasteiger partial charge on any atom is -0.380 e. The number of amides is 1. The molecule has 4 atom stereocenters. The van der Waals surface area contributed by atoms with Gasteiger partial charge < -0.3 is 10.1 Å². The highest BCUT2D eigenvalue weighted by Gasteiger charge is 2.40. The van der Waals surface area contributed by atoms with Crippen molar-refractivity contribution < 1.29 is 9.53 Å². The zero-order valence-electron chi connectivity index (χ0n) is 16.6. The first-order valence-corrected chi connectivity index (χ1v) is 11.4. The molecule has 9 heteroatoms. The molecule has 0 aromatic heterocycles. The van der Waals surface area contributed by atoms with Crippen LogP contribution in [0.5, 0.6) is 0 Å². The minimum atomic E-state index is 0.00277. The van der Waals surface area contributed by atoms with Gasteiger partial charge in [0.15, 0.2) is 5.96 Å². The van der Waals surface area contributed by atoms with E-state index in [0.29, 0.717) is 37.7 Å². The van der Waals surface area contributed by atoms with Crippen LogP contribution >= 0.6 is 23.2 Å². The highest BCUT2D eigenvalue weighted by atomic mass is 35.5. The normalized spacial score (nSPS) is 36.0. The van der Waals surface area contributed by atoms with Crippen LogP contribution < -0.4 is 21.5 Å². The van der Waals surface area contributed by atoms with Crippen LogP contribution in [-0.4, -0.2) is 54.6 Å². The Balaban J connectivity index is 1.58. The van der Waals surface area contributed by atoms with Crippen molar-refractivity contribution in [2.45, 2.75) is 74.8 Å². The summed E-state index contributed by atoms with van der Waals surface area (Å²) in [5.74, 6) is 0.961. The van der Waals surface area contributed by atoms with Crippen LogP contribution in [0.15, 0.2) is 4.99 Å². The summed E-state index contributed by atoms with van der Waals surface area (Å²) in [6.07, 6.45) is 6.45. The van der Waals surface area contributed by atoms with Gasteiger partial charge in [0.25, 0.3) is 0 Å². The molecule has 1 heterocycles. The number of fused-ring (bicyclic) bond motifs is 1. The van der Waals surface area contributed by atoms with E-state index < -0.39 is 0 Å². The average Bonchev–Trinajstić information content (AvgIpc) is 3.07. The molecule has 4 N–H and O–H groups in total. The van der Waals surface area contributed by atoms with E-state index >= 15 is 0 Å². The van der Waals surface area contributed by atoms with E-state index in [2.05, 4.69) is 26.5 Å². The Morgan fingerprint density at radius 3 is 2.61 bits per heavy atom. The Morgan fingerprint density at radius 2 is 1.86 bits per heavy atom. The number of hydrogen-bond donors (Lipinski definition) is 4. The number of halogens is 2. The predicted molar refractivity (Wildman–Crippen MR) is 113 cm³/mol. The van der Waals surface area contributed by atoms with Crippen LogP contribution in [0, 0.1) is 11.8 Å². The van der Waals surface area contributed by atoms with Crippen LogP contribution in [0.3, 0.4) is 0 Å². The molecule has 0 bridgehead atoms. The van der Waals surface area contributed by atoms with Crippen molar-refractivity contribution >= 4 is 35.1 Å². The largest absolute Gasteiger partial charge is 0.380 e. The third kappa shape index (κ3) is 6.20. The minimum absolute atomic E-state index is 0.00277. The third-order valence-electron chi connectivity index (χ3n) is 5.96. The average molecular weight is 434 g/mol. The molecular formula is C19H33Cl2N5O2. The van der Waals surface area contributed by atoms with Crippen LogP contribution in [-0.2, 0) is 9.53 Å². The fourth-order valence-corrected chi connectivity index (χ4v) is 4.89. The molecule has 1 saturated heterocycles. The summed E-state index contributed by atoms with van der Waals surface area (Å²) in [6, 6.07) is 0.341. The Labute approximate surface area is 177 Å². The molecule has 28 heavy (non-hydrogen) atoms. The number of hydrogen-bond acceptors (Lipinski definition) is 5. The molecule has 3 fully saturated rings. The lowest BCUT2D eigenvalue weighted by molar-refractivity contribution is -0.124. The number of ether oxygens (including phenoxy) is 1. The standard InChI is InChI=1S/C19H33Cl2N5O2/c1-2-28-10-9-22-19(24-18(27)12-3-5-13(20)6-4-12)23-17-15-8-7-14(21)11-16(15)25-26-17/h12-17,25-26H,2-11H2,1H3,(H2,22,23,24,27). The van der Waals surface area contributed by atoms with E-state index in [-0.39, 0.29) is 28.7 Å². The Hall–Kier alpha value is -0.600. The van der Waals surface area contributed by atoms with Crippen molar-refractivity contribution in [3.05, 3.63) is 0 Å². The summed E-state index contributed by atoms with van der Waals surface area (Å²) < 4.78 is 5.38. The molecule has 4 unspecified atom stereocenters. The molecule has 0 radical (unpaired) electrons. The molecule has 2 saturated carbocycles. The molecule has 1 aliphatic heterocycles. The fourth-order valence-electron chi connectivity index (χ4n) is 4.32. The first-order chi connectivity index (χ1) is 13.6. The summed E-state index contributed by atoms with van der Waals surface area (Å²) in [6.45, 7) is 3.65. The smallest absolute Gasteiger partial charge is 0.229 e. The van der Waals surface area contributed by atoms with E-state index in [0.717, 1.165) is 44.9 Å². The molecule has 0 aromatic carbocycles.